The number of aromatic nitrogens is 2. The lowest BCUT2D eigenvalue weighted by Crippen LogP contribution is -2.46. The summed E-state index contributed by atoms with van der Waals surface area (Å²) in [5.74, 6) is 0.529. The van der Waals surface area contributed by atoms with E-state index in [1.807, 2.05) is 36.1 Å². The van der Waals surface area contributed by atoms with Crippen LogP contribution in [-0.4, -0.2) is 58.2 Å². The summed E-state index contributed by atoms with van der Waals surface area (Å²) in [7, 11) is 3.85. The molecule has 3 heterocycles. The third kappa shape index (κ3) is 4.28. The number of aryl methyl sites for hydroxylation is 1. The highest BCUT2D eigenvalue weighted by atomic mass is 16.2. The van der Waals surface area contributed by atoms with E-state index in [-0.39, 0.29) is 11.9 Å². The maximum atomic E-state index is 12.3. The van der Waals surface area contributed by atoms with Crippen molar-refractivity contribution in [2.45, 2.75) is 37.9 Å². The Morgan fingerprint density at radius 1 is 1.21 bits per heavy atom. The van der Waals surface area contributed by atoms with E-state index in [1.165, 1.54) is 18.4 Å². The molecule has 28 heavy (non-hydrogen) atoms. The van der Waals surface area contributed by atoms with Gasteiger partial charge in [0, 0.05) is 63.9 Å². The Kier molecular flexibility index (Phi) is 5.78. The minimum Gasteiger partial charge on any atom is -0.338 e. The van der Waals surface area contributed by atoms with Gasteiger partial charge in [0.05, 0.1) is 12.2 Å². The number of carbonyl (C=O) groups is 1. The van der Waals surface area contributed by atoms with Gasteiger partial charge in [-0.3, -0.25) is 14.4 Å². The molecule has 150 valence electrons. The van der Waals surface area contributed by atoms with Crippen molar-refractivity contribution in [1.29, 1.82) is 0 Å². The van der Waals surface area contributed by atoms with Crippen molar-refractivity contribution in [2.75, 3.05) is 26.7 Å². The molecule has 2 aromatic rings. The van der Waals surface area contributed by atoms with Gasteiger partial charge in [-0.15, -0.1) is 0 Å². The third-order valence-electron chi connectivity index (χ3n) is 6.18. The lowest BCUT2D eigenvalue weighted by molar-refractivity contribution is -0.127. The third-order valence-corrected chi connectivity index (χ3v) is 6.18. The molecule has 0 aliphatic carbocycles. The number of amides is 1. The molecule has 1 aromatic carbocycles. The minimum absolute atomic E-state index is 0.123. The van der Waals surface area contributed by atoms with E-state index in [0.29, 0.717) is 18.4 Å². The zero-order valence-electron chi connectivity index (χ0n) is 16.9. The predicted molar refractivity (Wildman–Crippen MR) is 110 cm³/mol. The highest BCUT2D eigenvalue weighted by Gasteiger charge is 2.39. The molecule has 1 amide bonds. The maximum absolute atomic E-state index is 12.3. The van der Waals surface area contributed by atoms with Crippen molar-refractivity contribution in [3.8, 4) is 0 Å². The van der Waals surface area contributed by atoms with Crippen LogP contribution in [0.4, 0.5) is 0 Å². The zero-order chi connectivity index (χ0) is 19.5. The Bertz CT molecular complexity index is 789. The summed E-state index contributed by atoms with van der Waals surface area (Å²) >= 11 is 0. The smallest absolute Gasteiger partial charge is 0.223 e. The summed E-state index contributed by atoms with van der Waals surface area (Å²) in [6.07, 6.45) is 6.98. The Morgan fingerprint density at radius 2 is 2.04 bits per heavy atom. The van der Waals surface area contributed by atoms with Crippen LogP contribution in [0.1, 0.15) is 36.4 Å². The second-order valence-corrected chi connectivity index (χ2v) is 8.33. The van der Waals surface area contributed by atoms with Crippen molar-refractivity contribution in [2.24, 2.45) is 13.0 Å². The highest BCUT2D eigenvalue weighted by Crippen LogP contribution is 2.36. The summed E-state index contributed by atoms with van der Waals surface area (Å²) < 4.78 is 1.82. The highest BCUT2D eigenvalue weighted by molar-refractivity contribution is 5.79. The second kappa shape index (κ2) is 8.45. The van der Waals surface area contributed by atoms with Crippen molar-refractivity contribution in [3.63, 3.8) is 0 Å². The summed E-state index contributed by atoms with van der Waals surface area (Å²) in [4.78, 5) is 16.8. The number of nitrogens with zero attached hydrogens (tertiary/aromatic N) is 4. The van der Waals surface area contributed by atoms with Gasteiger partial charge in [-0.05, 0) is 24.9 Å². The first-order valence-corrected chi connectivity index (χ1v) is 10.3. The van der Waals surface area contributed by atoms with Crippen molar-refractivity contribution >= 4 is 5.91 Å². The average Bonchev–Trinajstić information content (AvgIpc) is 3.24. The van der Waals surface area contributed by atoms with E-state index < -0.39 is 0 Å². The molecule has 0 spiro atoms. The molecule has 4 rings (SSSR count). The molecule has 6 nitrogen and oxygen atoms in total. The van der Waals surface area contributed by atoms with Gasteiger partial charge < -0.3 is 10.2 Å². The molecule has 2 aliphatic heterocycles. The van der Waals surface area contributed by atoms with Gasteiger partial charge in [0.1, 0.15) is 0 Å². The number of hydrogen-bond donors (Lipinski definition) is 1. The number of rotatable bonds is 6. The topological polar surface area (TPSA) is 53.4 Å². The molecule has 0 radical (unpaired) electrons. The number of benzene rings is 1. The predicted octanol–water partition coefficient (Wildman–Crippen LogP) is 2.19. The monoisotopic (exact) mass is 381 g/mol. The van der Waals surface area contributed by atoms with E-state index >= 15 is 0 Å². The fourth-order valence-corrected chi connectivity index (χ4v) is 4.75. The molecular weight excluding hydrogens is 350 g/mol. The Labute approximate surface area is 167 Å². The van der Waals surface area contributed by atoms with Gasteiger partial charge in [0.2, 0.25) is 5.91 Å². The number of carbonyl (C=O) groups excluding carboxylic acids is 1. The fourth-order valence-electron chi connectivity index (χ4n) is 4.75. The molecule has 2 fully saturated rings. The molecule has 0 unspecified atom stereocenters. The quantitative estimate of drug-likeness (QED) is 0.833. The summed E-state index contributed by atoms with van der Waals surface area (Å²) in [5, 5.41) is 8.09. The molecule has 6 heteroatoms. The van der Waals surface area contributed by atoms with E-state index in [1.54, 1.807) is 0 Å². The first kappa shape index (κ1) is 19.2. The Balaban J connectivity index is 1.34. The zero-order valence-corrected chi connectivity index (χ0v) is 16.9. The Morgan fingerprint density at radius 3 is 2.79 bits per heavy atom. The van der Waals surface area contributed by atoms with Crippen LogP contribution in [0.2, 0.25) is 0 Å². The average molecular weight is 382 g/mol. The van der Waals surface area contributed by atoms with E-state index in [2.05, 4.69) is 45.6 Å². The molecular formula is C22H31N5O. The molecule has 1 N–H and O–H groups in total. The van der Waals surface area contributed by atoms with Crippen LogP contribution in [0, 0.1) is 5.92 Å². The number of hydrogen-bond acceptors (Lipinski definition) is 4. The van der Waals surface area contributed by atoms with Crippen LogP contribution in [-0.2, 0) is 18.4 Å². The van der Waals surface area contributed by atoms with E-state index in [9.17, 15) is 4.79 Å². The van der Waals surface area contributed by atoms with Crippen LogP contribution in [0.25, 0.3) is 0 Å². The van der Waals surface area contributed by atoms with Crippen LogP contribution >= 0.6 is 0 Å². The summed E-state index contributed by atoms with van der Waals surface area (Å²) in [6, 6.07) is 11.3. The Hall–Kier alpha value is -2.18. The number of piperidine rings is 1. The second-order valence-electron chi connectivity index (χ2n) is 8.33. The number of nitrogens with one attached hydrogen (secondary N) is 1. The van der Waals surface area contributed by atoms with Crippen molar-refractivity contribution in [3.05, 3.63) is 53.9 Å². The fraction of sp³-hybridized carbons (Fsp3) is 0.545. The first-order chi connectivity index (χ1) is 13.6. The van der Waals surface area contributed by atoms with Gasteiger partial charge in [-0.1, -0.05) is 30.3 Å². The molecule has 2 aliphatic rings. The van der Waals surface area contributed by atoms with Crippen LogP contribution in [0.3, 0.4) is 0 Å². The van der Waals surface area contributed by atoms with Gasteiger partial charge in [0.25, 0.3) is 0 Å². The van der Waals surface area contributed by atoms with Gasteiger partial charge in [-0.25, -0.2) is 0 Å². The minimum atomic E-state index is 0.123. The maximum Gasteiger partial charge on any atom is 0.223 e. The van der Waals surface area contributed by atoms with Gasteiger partial charge in [0.15, 0.2) is 0 Å². The van der Waals surface area contributed by atoms with Crippen molar-refractivity contribution in [1.82, 2.24) is 24.9 Å². The van der Waals surface area contributed by atoms with E-state index in [4.69, 9.17) is 0 Å². The van der Waals surface area contributed by atoms with Crippen molar-refractivity contribution < 1.29 is 4.79 Å². The van der Waals surface area contributed by atoms with Crippen LogP contribution in [0.15, 0.2) is 42.7 Å². The van der Waals surface area contributed by atoms with Gasteiger partial charge in [-0.2, -0.15) is 5.10 Å². The normalized spacial score (nSPS) is 26.1. The molecule has 0 bridgehead atoms. The first-order valence-electron chi connectivity index (χ1n) is 10.3. The lowest BCUT2D eigenvalue weighted by atomic mass is 9.94. The summed E-state index contributed by atoms with van der Waals surface area (Å²) in [5.41, 5.74) is 2.51. The van der Waals surface area contributed by atoms with Gasteiger partial charge >= 0.3 is 0 Å². The molecule has 3 atom stereocenters. The number of likely N-dealkylation sites (tertiary alicyclic amines) is 2. The SMILES string of the molecule is CN1C(=O)C[C@@H](CN[C@@H]2CCCN(Cc3ccccc3)C2)[C@@H]1c1cnn(C)c1. The largest absolute Gasteiger partial charge is 0.338 e. The standard InChI is InChI=1S/C22H31N5O/c1-25-15-19(13-24-25)22-18(11-21(28)26(22)2)12-23-20-9-6-10-27(16-20)14-17-7-4-3-5-8-17/h3-5,7-8,13,15,18,20,22-23H,6,9-12,14,16H2,1-2H3/t18-,20+,22+/m0/s1. The lowest BCUT2D eigenvalue weighted by Gasteiger charge is -2.34. The van der Waals surface area contributed by atoms with Crippen LogP contribution < -0.4 is 5.32 Å². The van der Waals surface area contributed by atoms with Crippen LogP contribution in [0.5, 0.6) is 0 Å². The molecule has 2 saturated heterocycles. The summed E-state index contributed by atoms with van der Waals surface area (Å²) in [6.45, 7) is 4.13. The van der Waals surface area contributed by atoms with E-state index in [0.717, 1.165) is 31.7 Å². The molecule has 1 aromatic heterocycles. The molecule has 0 saturated carbocycles.